The minimum Gasteiger partial charge on any atom is -0.328 e. The fourth-order valence-electron chi connectivity index (χ4n) is 2.56. The maximum Gasteiger partial charge on any atom is 0.254 e. The number of benzene rings is 2. The second-order valence-electron chi connectivity index (χ2n) is 5.81. The number of carbonyl (C=O) groups is 1. The normalized spacial score (nSPS) is 12.0. The first-order valence-electron chi connectivity index (χ1n) is 7.67. The van der Waals surface area contributed by atoms with Gasteiger partial charge in [0.2, 0.25) is 0 Å². The molecule has 22 heavy (non-hydrogen) atoms. The predicted octanol–water partition coefficient (Wildman–Crippen LogP) is 4.71. The van der Waals surface area contributed by atoms with Crippen LogP contribution in [-0.2, 0) is 0 Å². The molecule has 0 radical (unpaired) electrons. The van der Waals surface area contributed by atoms with E-state index >= 15 is 0 Å². The van der Waals surface area contributed by atoms with Gasteiger partial charge in [-0.1, -0.05) is 68.5 Å². The topological polar surface area (TPSA) is 20.3 Å². The quantitative estimate of drug-likeness (QED) is 0.706. The number of carbonyl (C=O) groups excluding carboxylic acids is 1. The third-order valence-electron chi connectivity index (χ3n) is 3.54. The molecule has 2 nitrogen and oxygen atoms in total. The summed E-state index contributed by atoms with van der Waals surface area (Å²) in [6, 6.07) is 19.4. The summed E-state index contributed by atoms with van der Waals surface area (Å²) in [5.41, 5.74) is 1.80. The molecule has 1 atom stereocenters. The standard InChI is InChI=1S/C20H23NO/c1-4-19(17-11-7-5-8-12-17)21(15-16(2)3)20(22)18-13-9-6-10-14-18/h4-14,16,19H,1,15H2,2-3H3. The molecule has 0 N–H and O–H groups in total. The average molecular weight is 293 g/mol. The van der Waals surface area contributed by atoms with Crippen molar-refractivity contribution in [2.24, 2.45) is 5.92 Å². The molecule has 114 valence electrons. The van der Waals surface area contributed by atoms with Crippen LogP contribution < -0.4 is 0 Å². The molecule has 1 unspecified atom stereocenters. The molecule has 0 aliphatic rings. The lowest BCUT2D eigenvalue weighted by Gasteiger charge is -2.31. The van der Waals surface area contributed by atoms with Crippen LogP contribution in [0, 0.1) is 5.92 Å². The minimum absolute atomic E-state index is 0.0445. The van der Waals surface area contributed by atoms with E-state index in [1.807, 2.05) is 71.6 Å². The number of hydrogen-bond donors (Lipinski definition) is 0. The van der Waals surface area contributed by atoms with E-state index in [-0.39, 0.29) is 11.9 Å². The Bertz CT molecular complexity index is 604. The smallest absolute Gasteiger partial charge is 0.254 e. The molecule has 0 saturated heterocycles. The summed E-state index contributed by atoms with van der Waals surface area (Å²) in [6.45, 7) is 8.88. The predicted molar refractivity (Wildman–Crippen MR) is 91.7 cm³/mol. The second-order valence-corrected chi connectivity index (χ2v) is 5.81. The lowest BCUT2D eigenvalue weighted by atomic mass is 10.0. The molecule has 2 aromatic rings. The Kier molecular flexibility index (Phi) is 5.54. The Hall–Kier alpha value is -2.35. The van der Waals surface area contributed by atoms with Crippen LogP contribution in [0.15, 0.2) is 73.3 Å². The molecule has 0 spiro atoms. The Morgan fingerprint density at radius 2 is 1.59 bits per heavy atom. The number of rotatable bonds is 6. The molecular formula is C20H23NO. The highest BCUT2D eigenvalue weighted by atomic mass is 16.2. The van der Waals surface area contributed by atoms with Gasteiger partial charge in [-0.2, -0.15) is 0 Å². The maximum atomic E-state index is 12.9. The van der Waals surface area contributed by atoms with E-state index in [1.165, 1.54) is 0 Å². The van der Waals surface area contributed by atoms with Crippen molar-refractivity contribution in [3.05, 3.63) is 84.4 Å². The highest BCUT2D eigenvalue weighted by molar-refractivity contribution is 5.94. The Morgan fingerprint density at radius 1 is 1.05 bits per heavy atom. The van der Waals surface area contributed by atoms with Gasteiger partial charge in [0.05, 0.1) is 6.04 Å². The van der Waals surface area contributed by atoms with Crippen molar-refractivity contribution < 1.29 is 4.79 Å². The molecule has 2 aromatic carbocycles. The van der Waals surface area contributed by atoms with E-state index in [0.717, 1.165) is 5.56 Å². The fraction of sp³-hybridized carbons (Fsp3) is 0.250. The first-order chi connectivity index (χ1) is 10.6. The van der Waals surface area contributed by atoms with E-state index in [0.29, 0.717) is 18.0 Å². The van der Waals surface area contributed by atoms with Crippen LogP contribution in [0.2, 0.25) is 0 Å². The molecule has 0 aromatic heterocycles. The molecule has 2 rings (SSSR count). The Morgan fingerprint density at radius 3 is 2.09 bits per heavy atom. The van der Waals surface area contributed by atoms with Gasteiger partial charge in [-0.15, -0.1) is 6.58 Å². The van der Waals surface area contributed by atoms with Crippen molar-refractivity contribution in [1.29, 1.82) is 0 Å². The summed E-state index contributed by atoms with van der Waals surface area (Å²) in [5, 5.41) is 0. The Balaban J connectivity index is 2.36. The van der Waals surface area contributed by atoms with Gasteiger partial charge in [0.1, 0.15) is 0 Å². The molecule has 0 aliphatic heterocycles. The highest BCUT2D eigenvalue weighted by Gasteiger charge is 2.24. The van der Waals surface area contributed by atoms with Gasteiger partial charge in [-0.3, -0.25) is 4.79 Å². The summed E-state index contributed by atoms with van der Waals surface area (Å²) in [5.74, 6) is 0.432. The molecular weight excluding hydrogens is 270 g/mol. The monoisotopic (exact) mass is 293 g/mol. The third kappa shape index (κ3) is 3.85. The summed E-state index contributed by atoms with van der Waals surface area (Å²) in [6.07, 6.45) is 1.85. The van der Waals surface area contributed by atoms with Crippen molar-refractivity contribution in [2.75, 3.05) is 6.54 Å². The van der Waals surface area contributed by atoms with E-state index in [2.05, 4.69) is 20.4 Å². The van der Waals surface area contributed by atoms with Gasteiger partial charge >= 0.3 is 0 Å². The van der Waals surface area contributed by atoms with Crippen molar-refractivity contribution in [3.63, 3.8) is 0 Å². The van der Waals surface area contributed by atoms with E-state index < -0.39 is 0 Å². The zero-order chi connectivity index (χ0) is 15.9. The third-order valence-corrected chi connectivity index (χ3v) is 3.54. The van der Waals surface area contributed by atoms with Crippen LogP contribution in [0.1, 0.15) is 35.8 Å². The molecule has 0 bridgehead atoms. The van der Waals surface area contributed by atoms with Crippen LogP contribution in [0.5, 0.6) is 0 Å². The van der Waals surface area contributed by atoms with E-state index in [9.17, 15) is 4.79 Å². The average Bonchev–Trinajstić information content (AvgIpc) is 2.55. The lowest BCUT2D eigenvalue weighted by molar-refractivity contribution is 0.0688. The van der Waals surface area contributed by atoms with Gasteiger partial charge in [0, 0.05) is 12.1 Å². The molecule has 1 amide bonds. The van der Waals surface area contributed by atoms with Crippen LogP contribution in [0.4, 0.5) is 0 Å². The minimum atomic E-state index is -0.115. The van der Waals surface area contributed by atoms with Gasteiger partial charge < -0.3 is 4.90 Å². The van der Waals surface area contributed by atoms with Crippen LogP contribution in [0.3, 0.4) is 0 Å². The van der Waals surface area contributed by atoms with Gasteiger partial charge in [0.15, 0.2) is 0 Å². The van der Waals surface area contributed by atoms with Gasteiger partial charge in [-0.25, -0.2) is 0 Å². The maximum absolute atomic E-state index is 12.9. The van der Waals surface area contributed by atoms with Crippen LogP contribution in [-0.4, -0.2) is 17.4 Å². The number of hydrogen-bond acceptors (Lipinski definition) is 1. The molecule has 0 fully saturated rings. The highest BCUT2D eigenvalue weighted by Crippen LogP contribution is 2.25. The first kappa shape index (κ1) is 16.0. The van der Waals surface area contributed by atoms with Crippen molar-refractivity contribution in [2.45, 2.75) is 19.9 Å². The summed E-state index contributed by atoms with van der Waals surface area (Å²) >= 11 is 0. The largest absolute Gasteiger partial charge is 0.328 e. The van der Waals surface area contributed by atoms with E-state index in [1.54, 1.807) is 0 Å². The van der Waals surface area contributed by atoms with Crippen molar-refractivity contribution in [1.82, 2.24) is 4.90 Å². The molecule has 0 aliphatic carbocycles. The molecule has 0 heterocycles. The van der Waals surface area contributed by atoms with Crippen LogP contribution in [0.25, 0.3) is 0 Å². The summed E-state index contributed by atoms with van der Waals surface area (Å²) < 4.78 is 0. The zero-order valence-electron chi connectivity index (χ0n) is 13.3. The Labute approximate surface area is 133 Å². The summed E-state index contributed by atoms with van der Waals surface area (Å²) in [4.78, 5) is 14.8. The van der Waals surface area contributed by atoms with Gasteiger partial charge in [-0.05, 0) is 23.6 Å². The molecule has 2 heteroatoms. The van der Waals surface area contributed by atoms with Gasteiger partial charge in [0.25, 0.3) is 5.91 Å². The number of nitrogens with zero attached hydrogens (tertiary/aromatic N) is 1. The lowest BCUT2D eigenvalue weighted by Crippen LogP contribution is -2.36. The second kappa shape index (κ2) is 7.60. The van der Waals surface area contributed by atoms with Crippen molar-refractivity contribution >= 4 is 5.91 Å². The SMILES string of the molecule is C=CC(c1ccccc1)N(CC(C)C)C(=O)c1ccccc1. The fourth-order valence-corrected chi connectivity index (χ4v) is 2.56. The van der Waals surface area contributed by atoms with Crippen LogP contribution >= 0.6 is 0 Å². The first-order valence-corrected chi connectivity index (χ1v) is 7.67. The van der Waals surface area contributed by atoms with Crippen molar-refractivity contribution in [3.8, 4) is 0 Å². The molecule has 0 saturated carbocycles. The van der Waals surface area contributed by atoms with E-state index in [4.69, 9.17) is 0 Å². The summed E-state index contributed by atoms with van der Waals surface area (Å²) in [7, 11) is 0. The number of amides is 1. The zero-order valence-corrected chi connectivity index (χ0v) is 13.3.